The number of carbonyl (C=O) groups excluding carboxylic acids is 2. The molecule has 3 rings (SSSR count). The molecule has 0 saturated heterocycles. The zero-order chi connectivity index (χ0) is 28.6. The summed E-state index contributed by atoms with van der Waals surface area (Å²) >= 11 is 0. The SMILES string of the molecule is CC[C@H](C(=O)NC)N(Cc1cccc(OC)c1)C(=O)CN(c1ccc(OC)cc1)S(=O)(=O)c1ccc(C)cc1. The number of hydrogen-bond donors (Lipinski definition) is 1. The molecule has 0 aliphatic heterocycles. The lowest BCUT2D eigenvalue weighted by Gasteiger charge is -2.33. The first-order valence-electron chi connectivity index (χ1n) is 12.5. The number of methoxy groups -OCH3 is 2. The maximum Gasteiger partial charge on any atom is 0.264 e. The lowest BCUT2D eigenvalue weighted by atomic mass is 10.1. The summed E-state index contributed by atoms with van der Waals surface area (Å²) in [5.74, 6) is 0.281. The van der Waals surface area contributed by atoms with E-state index >= 15 is 0 Å². The summed E-state index contributed by atoms with van der Waals surface area (Å²) in [6, 6.07) is 19.2. The molecule has 208 valence electrons. The van der Waals surface area contributed by atoms with Gasteiger partial charge >= 0.3 is 0 Å². The molecule has 1 N–H and O–H groups in total. The fourth-order valence-corrected chi connectivity index (χ4v) is 5.58. The van der Waals surface area contributed by atoms with Gasteiger partial charge in [0.25, 0.3) is 10.0 Å². The average Bonchev–Trinajstić information content (AvgIpc) is 2.95. The van der Waals surface area contributed by atoms with Crippen molar-refractivity contribution in [1.82, 2.24) is 10.2 Å². The third kappa shape index (κ3) is 7.08. The molecule has 0 fully saturated rings. The highest BCUT2D eigenvalue weighted by Crippen LogP contribution is 2.27. The first-order chi connectivity index (χ1) is 18.6. The summed E-state index contributed by atoms with van der Waals surface area (Å²) in [4.78, 5) is 28.2. The number of ether oxygens (including phenoxy) is 2. The van der Waals surface area contributed by atoms with Gasteiger partial charge in [-0.2, -0.15) is 0 Å². The Labute approximate surface area is 230 Å². The van der Waals surface area contributed by atoms with Crippen molar-refractivity contribution < 1.29 is 27.5 Å². The van der Waals surface area contributed by atoms with Gasteiger partial charge in [-0.25, -0.2) is 8.42 Å². The van der Waals surface area contributed by atoms with Crippen LogP contribution < -0.4 is 19.1 Å². The number of sulfonamides is 1. The van der Waals surface area contributed by atoms with Crippen molar-refractivity contribution in [3.63, 3.8) is 0 Å². The highest BCUT2D eigenvalue weighted by atomic mass is 32.2. The van der Waals surface area contributed by atoms with Crippen molar-refractivity contribution in [2.75, 3.05) is 32.1 Å². The van der Waals surface area contributed by atoms with Crippen molar-refractivity contribution >= 4 is 27.5 Å². The van der Waals surface area contributed by atoms with E-state index in [1.54, 1.807) is 68.6 Å². The number of rotatable bonds is 12. The number of amides is 2. The number of likely N-dealkylation sites (N-methyl/N-ethyl adjacent to an activating group) is 1. The molecule has 0 heterocycles. The van der Waals surface area contributed by atoms with E-state index in [1.807, 2.05) is 13.0 Å². The van der Waals surface area contributed by atoms with Crippen LogP contribution in [0.3, 0.4) is 0 Å². The molecule has 1 atom stereocenters. The van der Waals surface area contributed by atoms with Gasteiger partial charge in [-0.15, -0.1) is 0 Å². The Morgan fingerprint density at radius 2 is 1.56 bits per heavy atom. The zero-order valence-electron chi connectivity index (χ0n) is 22.9. The smallest absolute Gasteiger partial charge is 0.264 e. The Morgan fingerprint density at radius 3 is 2.13 bits per heavy atom. The van der Waals surface area contributed by atoms with Gasteiger partial charge in [-0.3, -0.25) is 13.9 Å². The van der Waals surface area contributed by atoms with Crippen molar-refractivity contribution in [1.29, 1.82) is 0 Å². The van der Waals surface area contributed by atoms with E-state index in [4.69, 9.17) is 9.47 Å². The lowest BCUT2D eigenvalue weighted by Crippen LogP contribution is -2.51. The molecule has 2 amide bonds. The first-order valence-corrected chi connectivity index (χ1v) is 14.0. The number of carbonyl (C=O) groups is 2. The number of hydrogen-bond acceptors (Lipinski definition) is 6. The van der Waals surface area contributed by atoms with Crippen LogP contribution in [0.4, 0.5) is 5.69 Å². The molecule has 0 aliphatic carbocycles. The van der Waals surface area contributed by atoms with E-state index in [1.165, 1.54) is 31.2 Å². The maximum absolute atomic E-state index is 13.9. The quantitative estimate of drug-likeness (QED) is 0.366. The highest BCUT2D eigenvalue weighted by Gasteiger charge is 2.33. The summed E-state index contributed by atoms with van der Waals surface area (Å²) in [5.41, 5.74) is 1.93. The predicted molar refractivity (Wildman–Crippen MR) is 150 cm³/mol. The number of benzene rings is 3. The number of aryl methyl sites for hydroxylation is 1. The van der Waals surface area contributed by atoms with Gasteiger partial charge in [-0.1, -0.05) is 36.8 Å². The van der Waals surface area contributed by atoms with Crippen LogP contribution in [-0.4, -0.2) is 59.0 Å². The molecule has 0 unspecified atom stereocenters. The van der Waals surface area contributed by atoms with Crippen LogP contribution in [-0.2, 0) is 26.2 Å². The van der Waals surface area contributed by atoms with Gasteiger partial charge in [0.1, 0.15) is 24.1 Å². The van der Waals surface area contributed by atoms with Crippen molar-refractivity contribution in [3.05, 3.63) is 83.9 Å². The number of nitrogens with zero attached hydrogens (tertiary/aromatic N) is 2. The molecule has 0 radical (unpaired) electrons. The molecule has 0 saturated carbocycles. The van der Waals surface area contributed by atoms with Crippen molar-refractivity contribution in [2.24, 2.45) is 0 Å². The van der Waals surface area contributed by atoms with E-state index in [9.17, 15) is 18.0 Å². The second-order valence-corrected chi connectivity index (χ2v) is 10.8. The number of anilines is 1. The standard InChI is InChI=1S/C29H35N3O6S/c1-6-27(29(34)30-3)31(19-22-8-7-9-25(18-22)38-5)28(33)20-32(23-12-14-24(37-4)15-13-23)39(35,36)26-16-10-21(2)11-17-26/h7-18,27H,6,19-20H2,1-5H3,(H,30,34)/t27-/m1/s1. The topological polar surface area (TPSA) is 105 Å². The fraction of sp³-hybridized carbons (Fsp3) is 0.310. The normalized spacial score (nSPS) is 11.8. The second kappa shape index (κ2) is 13.1. The van der Waals surface area contributed by atoms with E-state index in [0.29, 0.717) is 23.6 Å². The summed E-state index contributed by atoms with van der Waals surface area (Å²) in [6.07, 6.45) is 0.336. The molecule has 0 bridgehead atoms. The molecular weight excluding hydrogens is 518 g/mol. The Bertz CT molecular complexity index is 1370. The van der Waals surface area contributed by atoms with Crippen LogP contribution in [0.25, 0.3) is 0 Å². The minimum Gasteiger partial charge on any atom is -0.497 e. The van der Waals surface area contributed by atoms with E-state index in [-0.39, 0.29) is 17.3 Å². The molecular formula is C29H35N3O6S. The minimum absolute atomic E-state index is 0.0504. The van der Waals surface area contributed by atoms with Crippen LogP contribution in [0.1, 0.15) is 24.5 Å². The first kappa shape index (κ1) is 29.5. The monoisotopic (exact) mass is 553 g/mol. The van der Waals surface area contributed by atoms with Gasteiger partial charge in [-0.05, 0) is 67.4 Å². The highest BCUT2D eigenvalue weighted by molar-refractivity contribution is 7.92. The zero-order valence-corrected chi connectivity index (χ0v) is 23.7. The van der Waals surface area contributed by atoms with E-state index in [0.717, 1.165) is 15.4 Å². The molecule has 0 aliphatic rings. The molecule has 9 nitrogen and oxygen atoms in total. The van der Waals surface area contributed by atoms with Crippen LogP contribution in [0.5, 0.6) is 11.5 Å². The largest absolute Gasteiger partial charge is 0.497 e. The molecule has 39 heavy (non-hydrogen) atoms. The van der Waals surface area contributed by atoms with Crippen LogP contribution >= 0.6 is 0 Å². The van der Waals surface area contributed by atoms with Gasteiger partial charge in [0.05, 0.1) is 24.8 Å². The lowest BCUT2D eigenvalue weighted by molar-refractivity contribution is -0.140. The van der Waals surface area contributed by atoms with E-state index in [2.05, 4.69) is 5.32 Å². The Hall–Kier alpha value is -4.05. The fourth-order valence-electron chi connectivity index (χ4n) is 4.17. The number of nitrogens with one attached hydrogen (secondary N) is 1. The minimum atomic E-state index is -4.14. The third-order valence-electron chi connectivity index (χ3n) is 6.37. The van der Waals surface area contributed by atoms with Crippen LogP contribution in [0.2, 0.25) is 0 Å². The molecule has 0 spiro atoms. The van der Waals surface area contributed by atoms with Crippen molar-refractivity contribution in [2.45, 2.75) is 37.8 Å². The summed E-state index contributed by atoms with van der Waals surface area (Å²) in [6.45, 7) is 3.24. The molecule has 10 heteroatoms. The van der Waals surface area contributed by atoms with E-state index < -0.39 is 28.5 Å². The van der Waals surface area contributed by atoms with Crippen LogP contribution in [0, 0.1) is 6.92 Å². The summed E-state index contributed by atoms with van der Waals surface area (Å²) in [5, 5.41) is 2.62. The van der Waals surface area contributed by atoms with Gasteiger partial charge in [0.2, 0.25) is 11.8 Å². The molecule has 3 aromatic rings. The van der Waals surface area contributed by atoms with Gasteiger partial charge < -0.3 is 19.7 Å². The Kier molecular flexibility index (Phi) is 9.95. The maximum atomic E-state index is 13.9. The van der Waals surface area contributed by atoms with Gasteiger partial charge in [0, 0.05) is 13.6 Å². The average molecular weight is 554 g/mol. The Balaban J connectivity index is 2.06. The van der Waals surface area contributed by atoms with Crippen molar-refractivity contribution in [3.8, 4) is 11.5 Å². The van der Waals surface area contributed by atoms with Crippen LogP contribution in [0.15, 0.2) is 77.7 Å². The second-order valence-electron chi connectivity index (χ2n) is 8.93. The summed E-state index contributed by atoms with van der Waals surface area (Å²) in [7, 11) is 0.427. The predicted octanol–water partition coefficient (Wildman–Crippen LogP) is 3.76. The molecule has 3 aromatic carbocycles. The third-order valence-corrected chi connectivity index (χ3v) is 8.16. The molecule has 0 aromatic heterocycles. The van der Waals surface area contributed by atoms with Gasteiger partial charge in [0.15, 0.2) is 0 Å². The summed E-state index contributed by atoms with van der Waals surface area (Å²) < 4.78 is 39.3. The Morgan fingerprint density at radius 1 is 0.923 bits per heavy atom.